The Hall–Kier alpha value is -1.59. The minimum absolute atomic E-state index is 0.0540. The van der Waals surface area contributed by atoms with Crippen LogP contribution in [0.15, 0.2) is 24.3 Å². The van der Waals surface area contributed by atoms with E-state index in [4.69, 9.17) is 14.6 Å². The summed E-state index contributed by atoms with van der Waals surface area (Å²) in [7, 11) is 0. The van der Waals surface area contributed by atoms with Crippen molar-refractivity contribution < 1.29 is 19.4 Å². The largest absolute Gasteiger partial charge is 0.492 e. The zero-order valence-corrected chi connectivity index (χ0v) is 11.7. The van der Waals surface area contributed by atoms with Crippen molar-refractivity contribution in [2.75, 3.05) is 32.9 Å². The van der Waals surface area contributed by atoms with Crippen molar-refractivity contribution in [2.24, 2.45) is 0 Å². The first-order chi connectivity index (χ1) is 9.66. The van der Waals surface area contributed by atoms with Crippen LogP contribution in [0.25, 0.3) is 0 Å². The molecule has 0 radical (unpaired) electrons. The maximum Gasteiger partial charge on any atom is 0.305 e. The van der Waals surface area contributed by atoms with Crippen molar-refractivity contribution in [1.29, 1.82) is 0 Å². The first-order valence-electron chi connectivity index (χ1n) is 6.89. The molecule has 1 N–H and O–H groups in total. The number of para-hydroxylation sites is 1. The number of ether oxygens (including phenoxy) is 2. The Morgan fingerprint density at radius 1 is 1.50 bits per heavy atom. The first kappa shape index (κ1) is 14.8. The van der Waals surface area contributed by atoms with E-state index in [1.165, 1.54) is 0 Å². The molecule has 1 fully saturated rings. The number of carboxylic acids is 1. The van der Waals surface area contributed by atoms with Crippen LogP contribution in [0.3, 0.4) is 0 Å². The SMILES string of the molecule is Cc1ccccc1OCCN1CCOCC1CC(=O)O. The van der Waals surface area contributed by atoms with Gasteiger partial charge in [0.25, 0.3) is 0 Å². The van der Waals surface area contributed by atoms with Gasteiger partial charge in [0.2, 0.25) is 0 Å². The molecular formula is C15H21NO4. The van der Waals surface area contributed by atoms with Gasteiger partial charge in [0, 0.05) is 19.1 Å². The van der Waals surface area contributed by atoms with Crippen LogP contribution >= 0.6 is 0 Å². The summed E-state index contributed by atoms with van der Waals surface area (Å²) in [4.78, 5) is 13.0. The maximum absolute atomic E-state index is 10.8. The topological polar surface area (TPSA) is 59.0 Å². The van der Waals surface area contributed by atoms with Crippen molar-refractivity contribution >= 4 is 5.97 Å². The van der Waals surface area contributed by atoms with Crippen molar-refractivity contribution in [2.45, 2.75) is 19.4 Å². The monoisotopic (exact) mass is 279 g/mol. The summed E-state index contributed by atoms with van der Waals surface area (Å²) in [5.74, 6) is 0.0980. The van der Waals surface area contributed by atoms with Gasteiger partial charge in [-0.05, 0) is 18.6 Å². The van der Waals surface area contributed by atoms with Crippen LogP contribution in [0.1, 0.15) is 12.0 Å². The average Bonchev–Trinajstić information content (AvgIpc) is 2.42. The van der Waals surface area contributed by atoms with Gasteiger partial charge in [0.05, 0.1) is 19.6 Å². The van der Waals surface area contributed by atoms with Crippen LogP contribution in [-0.2, 0) is 9.53 Å². The second-order valence-electron chi connectivity index (χ2n) is 4.98. The number of aryl methyl sites for hydroxylation is 1. The quantitative estimate of drug-likeness (QED) is 0.856. The summed E-state index contributed by atoms with van der Waals surface area (Å²) in [6, 6.07) is 7.83. The van der Waals surface area contributed by atoms with E-state index in [1.54, 1.807) is 0 Å². The van der Waals surface area contributed by atoms with Crippen LogP contribution < -0.4 is 4.74 Å². The smallest absolute Gasteiger partial charge is 0.305 e. The predicted molar refractivity (Wildman–Crippen MR) is 75.1 cm³/mol. The van der Waals surface area contributed by atoms with Gasteiger partial charge in [-0.1, -0.05) is 18.2 Å². The first-order valence-corrected chi connectivity index (χ1v) is 6.89. The molecule has 1 aromatic carbocycles. The fourth-order valence-corrected chi connectivity index (χ4v) is 2.36. The number of hydrogen-bond donors (Lipinski definition) is 1. The summed E-state index contributed by atoms with van der Waals surface area (Å²) in [5.41, 5.74) is 1.11. The summed E-state index contributed by atoms with van der Waals surface area (Å²) in [6.45, 7) is 5.18. The molecule has 0 aliphatic carbocycles. The predicted octanol–water partition coefficient (Wildman–Crippen LogP) is 1.55. The number of morpholine rings is 1. The highest BCUT2D eigenvalue weighted by Crippen LogP contribution is 2.16. The number of carbonyl (C=O) groups is 1. The van der Waals surface area contributed by atoms with Crippen LogP contribution in [0.4, 0.5) is 0 Å². The molecule has 1 atom stereocenters. The van der Waals surface area contributed by atoms with E-state index in [0.29, 0.717) is 19.8 Å². The van der Waals surface area contributed by atoms with Gasteiger partial charge in [0.15, 0.2) is 0 Å². The van der Waals surface area contributed by atoms with Gasteiger partial charge in [-0.3, -0.25) is 9.69 Å². The molecule has 1 unspecified atom stereocenters. The Morgan fingerprint density at radius 2 is 2.30 bits per heavy atom. The van der Waals surface area contributed by atoms with E-state index in [0.717, 1.165) is 24.4 Å². The van der Waals surface area contributed by atoms with Crippen molar-refractivity contribution in [1.82, 2.24) is 4.90 Å². The van der Waals surface area contributed by atoms with Crippen LogP contribution in [0.5, 0.6) is 5.75 Å². The number of hydrogen-bond acceptors (Lipinski definition) is 4. The fraction of sp³-hybridized carbons (Fsp3) is 0.533. The molecule has 110 valence electrons. The van der Waals surface area contributed by atoms with E-state index in [2.05, 4.69) is 4.90 Å². The second-order valence-corrected chi connectivity index (χ2v) is 4.98. The molecule has 1 saturated heterocycles. The highest BCUT2D eigenvalue weighted by molar-refractivity contribution is 5.67. The average molecular weight is 279 g/mol. The molecule has 1 aliphatic rings. The Labute approximate surface area is 119 Å². The van der Waals surface area contributed by atoms with Gasteiger partial charge in [-0.25, -0.2) is 0 Å². The summed E-state index contributed by atoms with van der Waals surface area (Å²) in [5, 5.41) is 8.91. The normalized spacial score (nSPS) is 19.8. The van der Waals surface area contributed by atoms with Crippen molar-refractivity contribution in [3.05, 3.63) is 29.8 Å². The molecule has 0 aromatic heterocycles. The zero-order chi connectivity index (χ0) is 14.4. The molecule has 1 aliphatic heterocycles. The lowest BCUT2D eigenvalue weighted by Crippen LogP contribution is -2.47. The molecule has 20 heavy (non-hydrogen) atoms. The van der Waals surface area contributed by atoms with E-state index in [9.17, 15) is 4.79 Å². The molecule has 1 heterocycles. The molecule has 0 bridgehead atoms. The Bertz CT molecular complexity index is 449. The van der Waals surface area contributed by atoms with Gasteiger partial charge < -0.3 is 14.6 Å². The van der Waals surface area contributed by atoms with E-state index >= 15 is 0 Å². The fourth-order valence-electron chi connectivity index (χ4n) is 2.36. The molecule has 2 rings (SSSR count). The molecule has 1 aromatic rings. The van der Waals surface area contributed by atoms with Crippen molar-refractivity contribution in [3.63, 3.8) is 0 Å². The van der Waals surface area contributed by atoms with Crippen molar-refractivity contribution in [3.8, 4) is 5.75 Å². The molecule has 5 nitrogen and oxygen atoms in total. The van der Waals surface area contributed by atoms with Gasteiger partial charge in [0.1, 0.15) is 12.4 Å². The Balaban J connectivity index is 1.82. The van der Waals surface area contributed by atoms with Crippen LogP contribution in [-0.4, -0.2) is 54.9 Å². The minimum Gasteiger partial charge on any atom is -0.492 e. The number of nitrogens with zero attached hydrogens (tertiary/aromatic N) is 1. The number of benzene rings is 1. The Kier molecular flexibility index (Phi) is 5.38. The second kappa shape index (κ2) is 7.26. The third-order valence-electron chi connectivity index (χ3n) is 3.49. The lowest BCUT2D eigenvalue weighted by Gasteiger charge is -2.34. The third kappa shape index (κ3) is 4.21. The summed E-state index contributed by atoms with van der Waals surface area (Å²) in [6.07, 6.45) is 0.115. The zero-order valence-electron chi connectivity index (χ0n) is 11.7. The van der Waals surface area contributed by atoms with Crippen LogP contribution in [0.2, 0.25) is 0 Å². The molecule has 0 spiro atoms. The van der Waals surface area contributed by atoms with E-state index < -0.39 is 5.97 Å². The summed E-state index contributed by atoms with van der Waals surface area (Å²) < 4.78 is 11.1. The minimum atomic E-state index is -0.787. The number of aliphatic carboxylic acids is 1. The third-order valence-corrected chi connectivity index (χ3v) is 3.49. The summed E-state index contributed by atoms with van der Waals surface area (Å²) >= 11 is 0. The molecule has 0 saturated carbocycles. The number of rotatable bonds is 6. The Morgan fingerprint density at radius 3 is 3.05 bits per heavy atom. The lowest BCUT2D eigenvalue weighted by atomic mass is 10.1. The highest BCUT2D eigenvalue weighted by Gasteiger charge is 2.24. The molecular weight excluding hydrogens is 258 g/mol. The number of carboxylic acid groups (broad SMARTS) is 1. The molecule has 5 heteroatoms. The standard InChI is InChI=1S/C15H21NO4/c1-12-4-2-3-5-14(12)20-9-7-16-6-8-19-11-13(16)10-15(17)18/h2-5,13H,6-11H2,1H3,(H,17,18). The van der Waals surface area contributed by atoms with Gasteiger partial charge in [-0.15, -0.1) is 0 Å². The highest BCUT2D eigenvalue weighted by atomic mass is 16.5. The lowest BCUT2D eigenvalue weighted by molar-refractivity contribution is -0.140. The maximum atomic E-state index is 10.8. The van der Waals surface area contributed by atoms with Crippen LogP contribution in [0, 0.1) is 6.92 Å². The van der Waals surface area contributed by atoms with E-state index in [1.807, 2.05) is 31.2 Å². The van der Waals surface area contributed by atoms with E-state index in [-0.39, 0.29) is 12.5 Å². The molecule has 0 amide bonds. The van der Waals surface area contributed by atoms with Gasteiger partial charge >= 0.3 is 5.97 Å². The van der Waals surface area contributed by atoms with Gasteiger partial charge in [-0.2, -0.15) is 0 Å².